The first kappa shape index (κ1) is 16.4. The minimum Gasteiger partial charge on any atom is -0.354 e. The molecule has 0 aromatic carbocycles. The van der Waals surface area contributed by atoms with Crippen LogP contribution in [0.1, 0.15) is 52.9 Å². The molecule has 1 rings (SSSR count). The topological polar surface area (TPSA) is 58.4 Å². The zero-order chi connectivity index (χ0) is 14.3. The van der Waals surface area contributed by atoms with Gasteiger partial charge in [-0.1, -0.05) is 19.8 Å². The Labute approximate surface area is 118 Å². The Morgan fingerprint density at radius 3 is 2.63 bits per heavy atom. The maximum atomic E-state index is 11.7. The molecule has 0 aliphatic heterocycles. The summed E-state index contributed by atoms with van der Waals surface area (Å²) in [7, 11) is 0. The molecule has 1 amide bonds. The predicted molar refractivity (Wildman–Crippen MR) is 79.9 cm³/mol. The highest BCUT2D eigenvalue weighted by Crippen LogP contribution is 2.27. The quantitative estimate of drug-likeness (QED) is 0.740. The number of hydrogen-bond acceptors (Lipinski definition) is 3. The average molecular weight is 269 g/mol. The van der Waals surface area contributed by atoms with Gasteiger partial charge in [0.15, 0.2) is 0 Å². The van der Waals surface area contributed by atoms with Crippen molar-refractivity contribution in [2.75, 3.05) is 19.6 Å². The second kappa shape index (κ2) is 8.54. The van der Waals surface area contributed by atoms with E-state index >= 15 is 0 Å². The van der Waals surface area contributed by atoms with Gasteiger partial charge in [0, 0.05) is 25.0 Å². The third-order valence-electron chi connectivity index (χ3n) is 4.12. The second-order valence-electron chi connectivity index (χ2n) is 5.95. The van der Waals surface area contributed by atoms with Crippen LogP contribution in [-0.2, 0) is 4.79 Å². The summed E-state index contributed by atoms with van der Waals surface area (Å²) in [4.78, 5) is 14.2. The van der Waals surface area contributed by atoms with Crippen LogP contribution in [0.2, 0.25) is 0 Å². The summed E-state index contributed by atoms with van der Waals surface area (Å²) < 4.78 is 0. The van der Waals surface area contributed by atoms with Crippen LogP contribution in [-0.4, -0.2) is 42.5 Å². The Kier molecular flexibility index (Phi) is 7.39. The van der Waals surface area contributed by atoms with Crippen LogP contribution < -0.4 is 11.1 Å². The molecule has 3 N–H and O–H groups in total. The molecule has 0 saturated heterocycles. The number of nitrogens with zero attached hydrogens (tertiary/aromatic N) is 1. The smallest absolute Gasteiger partial charge is 0.221 e. The average Bonchev–Trinajstić information content (AvgIpc) is 2.39. The molecule has 0 aromatic heterocycles. The molecule has 0 heterocycles. The van der Waals surface area contributed by atoms with Gasteiger partial charge in [0.1, 0.15) is 0 Å². The molecule has 0 bridgehead atoms. The maximum absolute atomic E-state index is 11.7. The highest BCUT2D eigenvalue weighted by atomic mass is 16.1. The van der Waals surface area contributed by atoms with Crippen molar-refractivity contribution >= 4 is 5.91 Å². The van der Waals surface area contributed by atoms with E-state index < -0.39 is 0 Å². The van der Waals surface area contributed by atoms with E-state index in [1.165, 1.54) is 25.7 Å². The fourth-order valence-corrected chi connectivity index (χ4v) is 3.14. The fraction of sp³-hybridized carbons (Fsp3) is 0.933. The van der Waals surface area contributed by atoms with E-state index in [0.29, 0.717) is 18.4 Å². The molecule has 4 nitrogen and oxygen atoms in total. The van der Waals surface area contributed by atoms with Crippen LogP contribution in [0.25, 0.3) is 0 Å². The normalized spacial score (nSPS) is 23.9. The van der Waals surface area contributed by atoms with Crippen LogP contribution in [0.5, 0.6) is 0 Å². The van der Waals surface area contributed by atoms with Gasteiger partial charge in [0.25, 0.3) is 0 Å². The summed E-state index contributed by atoms with van der Waals surface area (Å²) in [6, 6.07) is 0.810. The molecule has 2 unspecified atom stereocenters. The fourth-order valence-electron chi connectivity index (χ4n) is 3.14. The molecular formula is C15H31N3O. The molecule has 1 saturated carbocycles. The van der Waals surface area contributed by atoms with Gasteiger partial charge < -0.3 is 11.1 Å². The molecule has 4 heteroatoms. The Hall–Kier alpha value is -0.610. The van der Waals surface area contributed by atoms with Gasteiger partial charge in [0.05, 0.1) is 0 Å². The summed E-state index contributed by atoms with van der Waals surface area (Å²) in [5.74, 6) is 0.774. The monoisotopic (exact) mass is 269 g/mol. The van der Waals surface area contributed by atoms with Crippen LogP contribution in [0.15, 0.2) is 0 Å². The van der Waals surface area contributed by atoms with Crippen molar-refractivity contribution in [1.29, 1.82) is 0 Å². The van der Waals surface area contributed by atoms with E-state index in [4.69, 9.17) is 5.73 Å². The van der Waals surface area contributed by atoms with Crippen molar-refractivity contribution in [3.8, 4) is 0 Å². The zero-order valence-electron chi connectivity index (χ0n) is 12.8. The Balaban J connectivity index is 2.45. The van der Waals surface area contributed by atoms with Crippen molar-refractivity contribution < 1.29 is 4.79 Å². The number of nitrogens with one attached hydrogen (secondary N) is 1. The molecule has 1 aliphatic rings. The van der Waals surface area contributed by atoms with Gasteiger partial charge in [0.2, 0.25) is 5.91 Å². The SMILES string of the molecule is CCN(CCC(=O)NC(C)C)C1CCCCC1CN. The van der Waals surface area contributed by atoms with Gasteiger partial charge >= 0.3 is 0 Å². The van der Waals surface area contributed by atoms with Crippen LogP contribution in [0.4, 0.5) is 0 Å². The first-order valence-electron chi connectivity index (χ1n) is 7.82. The predicted octanol–water partition coefficient (Wildman–Crippen LogP) is 1.74. The van der Waals surface area contributed by atoms with E-state index in [1.807, 2.05) is 13.8 Å². The third kappa shape index (κ3) is 5.49. The Morgan fingerprint density at radius 1 is 1.37 bits per heavy atom. The lowest BCUT2D eigenvalue weighted by atomic mass is 9.83. The van der Waals surface area contributed by atoms with Gasteiger partial charge in [-0.3, -0.25) is 9.69 Å². The van der Waals surface area contributed by atoms with Gasteiger partial charge in [-0.05, 0) is 45.7 Å². The van der Waals surface area contributed by atoms with Gasteiger partial charge in [-0.2, -0.15) is 0 Å². The Bertz CT molecular complexity index is 268. The van der Waals surface area contributed by atoms with E-state index in [2.05, 4.69) is 17.1 Å². The number of rotatable bonds is 7. The summed E-state index contributed by atoms with van der Waals surface area (Å²) in [5.41, 5.74) is 5.90. The number of amides is 1. The molecule has 19 heavy (non-hydrogen) atoms. The largest absolute Gasteiger partial charge is 0.354 e. The van der Waals surface area contributed by atoms with Crippen molar-refractivity contribution in [3.63, 3.8) is 0 Å². The summed E-state index contributed by atoms with van der Waals surface area (Å²) >= 11 is 0. The molecule has 1 fully saturated rings. The van der Waals surface area contributed by atoms with Crippen molar-refractivity contribution in [2.45, 2.75) is 65.0 Å². The lowest BCUT2D eigenvalue weighted by Gasteiger charge is -2.39. The summed E-state index contributed by atoms with van der Waals surface area (Å²) in [6.07, 6.45) is 5.69. The highest BCUT2D eigenvalue weighted by molar-refractivity contribution is 5.76. The minimum absolute atomic E-state index is 0.161. The van der Waals surface area contributed by atoms with Crippen LogP contribution in [0.3, 0.4) is 0 Å². The van der Waals surface area contributed by atoms with Crippen LogP contribution in [0, 0.1) is 5.92 Å². The molecule has 0 radical (unpaired) electrons. The number of nitrogens with two attached hydrogens (primary N) is 1. The number of hydrogen-bond donors (Lipinski definition) is 2. The molecular weight excluding hydrogens is 238 g/mol. The summed E-state index contributed by atoms with van der Waals surface area (Å²) in [6.45, 7) is 8.83. The number of carbonyl (C=O) groups excluding carboxylic acids is 1. The molecule has 112 valence electrons. The van der Waals surface area contributed by atoms with E-state index in [1.54, 1.807) is 0 Å². The zero-order valence-corrected chi connectivity index (χ0v) is 12.8. The van der Waals surface area contributed by atoms with Crippen molar-refractivity contribution in [1.82, 2.24) is 10.2 Å². The second-order valence-corrected chi connectivity index (χ2v) is 5.95. The molecule has 1 aliphatic carbocycles. The first-order chi connectivity index (χ1) is 9.08. The van der Waals surface area contributed by atoms with Gasteiger partial charge in [-0.25, -0.2) is 0 Å². The summed E-state index contributed by atoms with van der Waals surface area (Å²) in [5, 5.41) is 2.96. The minimum atomic E-state index is 0.161. The van der Waals surface area contributed by atoms with E-state index in [-0.39, 0.29) is 11.9 Å². The van der Waals surface area contributed by atoms with Gasteiger partial charge in [-0.15, -0.1) is 0 Å². The van der Waals surface area contributed by atoms with E-state index in [9.17, 15) is 4.79 Å². The van der Waals surface area contributed by atoms with Crippen molar-refractivity contribution in [2.24, 2.45) is 11.7 Å². The number of carbonyl (C=O) groups is 1. The maximum Gasteiger partial charge on any atom is 0.221 e. The van der Waals surface area contributed by atoms with Crippen molar-refractivity contribution in [3.05, 3.63) is 0 Å². The highest BCUT2D eigenvalue weighted by Gasteiger charge is 2.28. The first-order valence-corrected chi connectivity index (χ1v) is 7.82. The lowest BCUT2D eigenvalue weighted by molar-refractivity contribution is -0.122. The molecule has 2 atom stereocenters. The van der Waals surface area contributed by atoms with E-state index in [0.717, 1.165) is 19.6 Å². The molecule has 0 spiro atoms. The molecule has 0 aromatic rings. The Morgan fingerprint density at radius 2 is 2.05 bits per heavy atom. The third-order valence-corrected chi connectivity index (χ3v) is 4.12. The standard InChI is InChI=1S/C15H31N3O/c1-4-18(10-9-15(19)17-12(2)3)14-8-6-5-7-13(14)11-16/h12-14H,4-11,16H2,1-3H3,(H,17,19). The lowest BCUT2D eigenvalue weighted by Crippen LogP contribution is -2.46. The van der Waals surface area contributed by atoms with Crippen LogP contribution >= 0.6 is 0 Å².